The van der Waals surface area contributed by atoms with Gasteiger partial charge >= 0.3 is 0 Å². The summed E-state index contributed by atoms with van der Waals surface area (Å²) < 4.78 is 37.3. The zero-order valence-electron chi connectivity index (χ0n) is 19.1. The minimum Gasteiger partial charge on any atom is -0.475 e. The van der Waals surface area contributed by atoms with Crippen molar-refractivity contribution in [3.8, 4) is 11.8 Å². The van der Waals surface area contributed by atoms with E-state index < -0.39 is 18.4 Å². The molecule has 3 aromatic heterocycles. The number of ether oxygens (including phenoxy) is 1. The van der Waals surface area contributed by atoms with E-state index in [-0.39, 0.29) is 28.6 Å². The zero-order valence-corrected chi connectivity index (χ0v) is 19.1. The maximum absolute atomic E-state index is 15.0. The molecule has 0 spiro atoms. The van der Waals surface area contributed by atoms with E-state index in [0.717, 1.165) is 25.9 Å². The minimum atomic E-state index is -3.17. The van der Waals surface area contributed by atoms with Crippen LogP contribution < -0.4 is 15.9 Å². The Labute approximate surface area is 200 Å². The number of hydrogen-bond acceptors (Lipinski definition) is 8. The molecule has 0 bridgehead atoms. The molecule has 35 heavy (non-hydrogen) atoms. The molecule has 0 amide bonds. The molecule has 0 saturated carbocycles. The van der Waals surface area contributed by atoms with Crippen LogP contribution in [0.1, 0.15) is 48.3 Å². The molecule has 1 unspecified atom stereocenters. The molecule has 1 atom stereocenters. The van der Waals surface area contributed by atoms with Gasteiger partial charge in [-0.1, -0.05) is 6.07 Å². The van der Waals surface area contributed by atoms with Crippen molar-refractivity contribution in [3.05, 3.63) is 59.2 Å². The number of pyridine rings is 2. The Balaban J connectivity index is 1.58. The Hall–Kier alpha value is -3.91. The first kappa shape index (κ1) is 22.9. The Morgan fingerprint density at radius 2 is 2.17 bits per heavy atom. The van der Waals surface area contributed by atoms with E-state index in [1.54, 1.807) is 24.4 Å². The van der Waals surface area contributed by atoms with Crippen LogP contribution in [0, 0.1) is 11.3 Å². The van der Waals surface area contributed by atoms with Crippen LogP contribution in [0.15, 0.2) is 46.9 Å². The van der Waals surface area contributed by atoms with Crippen molar-refractivity contribution >= 4 is 16.9 Å². The third-order valence-electron chi connectivity index (χ3n) is 6.36. The van der Waals surface area contributed by atoms with Crippen LogP contribution in [0.2, 0.25) is 0 Å². The zero-order chi connectivity index (χ0) is 24.6. The molecule has 3 N–H and O–H groups in total. The number of nitriles is 1. The SMILES string of the molecule is CC(=NC1CCNCC1)/C(=N\N)c1cc(OC2c3ncccc3CC2(F)F)c2c(C#N)cnn2c1. The fourth-order valence-electron chi connectivity index (χ4n) is 4.69. The molecular formula is C24H24F2N8O. The first-order chi connectivity index (χ1) is 16.9. The lowest BCUT2D eigenvalue weighted by Crippen LogP contribution is -2.31. The molecular weight excluding hydrogens is 454 g/mol. The maximum Gasteiger partial charge on any atom is 0.293 e. The van der Waals surface area contributed by atoms with E-state index in [1.807, 2.05) is 13.0 Å². The van der Waals surface area contributed by atoms with Crippen molar-refractivity contribution in [1.82, 2.24) is 19.9 Å². The molecule has 11 heteroatoms. The highest BCUT2D eigenvalue weighted by molar-refractivity contribution is 6.47. The predicted molar refractivity (Wildman–Crippen MR) is 126 cm³/mol. The third kappa shape index (κ3) is 4.21. The quantitative estimate of drug-likeness (QED) is 0.330. The van der Waals surface area contributed by atoms with Gasteiger partial charge in [0.15, 0.2) is 0 Å². The van der Waals surface area contributed by atoms with Gasteiger partial charge in [-0.3, -0.25) is 9.98 Å². The van der Waals surface area contributed by atoms with Gasteiger partial charge in [0, 0.05) is 24.4 Å². The summed E-state index contributed by atoms with van der Waals surface area (Å²) in [6.45, 7) is 3.58. The van der Waals surface area contributed by atoms with Gasteiger partial charge in [-0.25, -0.2) is 13.3 Å². The van der Waals surface area contributed by atoms with Crippen LogP contribution in [-0.4, -0.2) is 51.1 Å². The molecule has 1 saturated heterocycles. The summed E-state index contributed by atoms with van der Waals surface area (Å²) in [5, 5.41) is 21.0. The van der Waals surface area contributed by atoms with Crippen LogP contribution in [0.25, 0.3) is 5.52 Å². The van der Waals surface area contributed by atoms with Crippen molar-refractivity contribution in [3.63, 3.8) is 0 Å². The highest BCUT2D eigenvalue weighted by Gasteiger charge is 2.51. The number of aliphatic imine (C=N–C) groups is 1. The number of alkyl halides is 2. The van der Waals surface area contributed by atoms with Gasteiger partial charge in [0.2, 0.25) is 6.10 Å². The van der Waals surface area contributed by atoms with E-state index >= 15 is 0 Å². The fourth-order valence-corrected chi connectivity index (χ4v) is 4.69. The van der Waals surface area contributed by atoms with Crippen LogP contribution in [0.4, 0.5) is 8.78 Å². The normalized spacial score (nSPS) is 20.6. The number of nitrogens with two attached hydrogens (primary N) is 1. The highest BCUT2D eigenvalue weighted by atomic mass is 19.3. The smallest absolute Gasteiger partial charge is 0.293 e. The van der Waals surface area contributed by atoms with Gasteiger partial charge in [-0.05, 0) is 50.6 Å². The molecule has 5 rings (SSSR count). The first-order valence-corrected chi connectivity index (χ1v) is 11.3. The summed E-state index contributed by atoms with van der Waals surface area (Å²) in [6, 6.07) is 6.98. The van der Waals surface area contributed by atoms with Crippen molar-refractivity contribution in [1.29, 1.82) is 5.26 Å². The van der Waals surface area contributed by atoms with Crippen molar-refractivity contribution in [2.24, 2.45) is 15.9 Å². The number of hydrogen-bond donors (Lipinski definition) is 2. The molecule has 9 nitrogen and oxygen atoms in total. The lowest BCUT2D eigenvalue weighted by Gasteiger charge is -2.22. The molecule has 2 aliphatic rings. The van der Waals surface area contributed by atoms with Gasteiger partial charge in [0.25, 0.3) is 5.92 Å². The maximum atomic E-state index is 15.0. The Morgan fingerprint density at radius 1 is 1.37 bits per heavy atom. The van der Waals surface area contributed by atoms with E-state index in [0.29, 0.717) is 22.6 Å². The first-order valence-electron chi connectivity index (χ1n) is 11.3. The van der Waals surface area contributed by atoms with E-state index in [2.05, 4.69) is 20.5 Å². The standard InChI is InChI=1S/C24H24F2N8O/c1-14(32-18-4-7-29-8-5-18)20(33-28)16-9-19(22-17(11-27)12-31-34(22)13-16)35-23-21-15(3-2-6-30-21)10-24(23,25)26/h2-3,6,9,12-13,18,23,29H,4-5,7-8,10,28H2,1H3/b32-14?,33-20+. The summed E-state index contributed by atoms with van der Waals surface area (Å²) in [4.78, 5) is 8.93. The number of fused-ring (bicyclic) bond motifs is 2. The number of aromatic nitrogens is 3. The van der Waals surface area contributed by atoms with Gasteiger partial charge in [0.05, 0.1) is 23.6 Å². The summed E-state index contributed by atoms with van der Waals surface area (Å²) in [6.07, 6.45) is 4.17. The van der Waals surface area contributed by atoms with Crippen LogP contribution in [0.3, 0.4) is 0 Å². The number of nitrogens with zero attached hydrogens (tertiary/aromatic N) is 6. The number of piperidine rings is 1. The largest absolute Gasteiger partial charge is 0.475 e. The third-order valence-corrected chi connectivity index (χ3v) is 6.36. The van der Waals surface area contributed by atoms with Gasteiger partial charge in [0.1, 0.15) is 28.6 Å². The molecule has 1 aliphatic carbocycles. The predicted octanol–water partition coefficient (Wildman–Crippen LogP) is 2.79. The summed E-state index contributed by atoms with van der Waals surface area (Å²) in [5.41, 5.74) is 2.58. The average molecular weight is 479 g/mol. The second-order valence-electron chi connectivity index (χ2n) is 8.71. The Morgan fingerprint density at radius 3 is 2.91 bits per heavy atom. The molecule has 0 radical (unpaired) electrons. The Bertz CT molecular complexity index is 1370. The van der Waals surface area contributed by atoms with Gasteiger partial charge in [-0.15, -0.1) is 0 Å². The van der Waals surface area contributed by atoms with Crippen LogP contribution in [0.5, 0.6) is 5.75 Å². The molecule has 4 heterocycles. The van der Waals surface area contributed by atoms with Crippen molar-refractivity contribution < 1.29 is 13.5 Å². The number of hydrazone groups is 1. The summed E-state index contributed by atoms with van der Waals surface area (Å²) in [7, 11) is 0. The summed E-state index contributed by atoms with van der Waals surface area (Å²) >= 11 is 0. The van der Waals surface area contributed by atoms with Gasteiger partial charge < -0.3 is 15.9 Å². The Kier molecular flexibility index (Phi) is 5.90. The van der Waals surface area contributed by atoms with Gasteiger partial charge in [-0.2, -0.15) is 15.5 Å². The minimum absolute atomic E-state index is 0.0653. The van der Waals surface area contributed by atoms with Crippen LogP contribution >= 0.6 is 0 Å². The number of nitrogens with one attached hydrogen (secondary N) is 1. The molecule has 1 fully saturated rings. The monoisotopic (exact) mass is 478 g/mol. The fraction of sp³-hybridized carbons (Fsp3) is 0.375. The van der Waals surface area contributed by atoms with Crippen molar-refractivity contribution in [2.75, 3.05) is 13.1 Å². The topological polar surface area (TPSA) is 126 Å². The molecule has 1 aliphatic heterocycles. The highest BCUT2D eigenvalue weighted by Crippen LogP contribution is 2.45. The van der Waals surface area contributed by atoms with E-state index in [1.165, 1.54) is 16.9 Å². The lowest BCUT2D eigenvalue weighted by atomic mass is 10.0. The number of rotatable bonds is 5. The molecule has 3 aromatic rings. The van der Waals surface area contributed by atoms with Crippen LogP contribution in [-0.2, 0) is 6.42 Å². The van der Waals surface area contributed by atoms with E-state index in [9.17, 15) is 14.0 Å². The average Bonchev–Trinajstić information content (AvgIpc) is 3.38. The van der Waals surface area contributed by atoms with Crippen molar-refractivity contribution in [2.45, 2.75) is 44.3 Å². The molecule has 0 aromatic carbocycles. The second kappa shape index (κ2) is 9.03. The second-order valence-corrected chi connectivity index (χ2v) is 8.71. The lowest BCUT2D eigenvalue weighted by molar-refractivity contribution is -0.0854. The number of halogens is 2. The summed E-state index contributed by atoms with van der Waals surface area (Å²) in [5.74, 6) is 2.64. The molecule has 180 valence electrons. The van der Waals surface area contributed by atoms with E-state index in [4.69, 9.17) is 15.6 Å².